The number of amides is 2. The predicted molar refractivity (Wildman–Crippen MR) is 83.2 cm³/mol. The van der Waals surface area contributed by atoms with Crippen LogP contribution in [0, 0.1) is 11.8 Å². The number of rotatable bonds is 7. The Morgan fingerprint density at radius 3 is 2.38 bits per heavy atom. The Labute approximate surface area is 127 Å². The topological polar surface area (TPSA) is 78.4 Å². The molecule has 1 fully saturated rings. The van der Waals surface area contributed by atoms with Crippen molar-refractivity contribution in [3.63, 3.8) is 0 Å². The van der Waals surface area contributed by atoms with E-state index in [2.05, 4.69) is 31.4 Å². The molecule has 1 aliphatic rings. The number of hydrogen-bond donors (Lipinski definition) is 3. The molecule has 0 aromatic rings. The minimum atomic E-state index is -1.07. The lowest BCUT2D eigenvalue weighted by atomic mass is 9.77. The number of carbonyl (C=O) groups excluding carboxylic acids is 1. The number of carboxylic acid groups (broad SMARTS) is 1. The number of aliphatic carboxylic acids is 1. The lowest BCUT2D eigenvalue weighted by Gasteiger charge is -2.36. The van der Waals surface area contributed by atoms with Crippen LogP contribution < -0.4 is 10.6 Å². The highest BCUT2D eigenvalue weighted by Crippen LogP contribution is 2.32. The molecule has 21 heavy (non-hydrogen) atoms. The first-order valence-electron chi connectivity index (χ1n) is 8.15. The molecular formula is C16H30N2O3. The van der Waals surface area contributed by atoms with Crippen LogP contribution in [0.5, 0.6) is 0 Å². The van der Waals surface area contributed by atoms with E-state index in [1.165, 1.54) is 0 Å². The molecule has 0 unspecified atom stereocenters. The molecule has 0 aliphatic heterocycles. The van der Waals surface area contributed by atoms with Crippen LogP contribution in [0.1, 0.15) is 65.7 Å². The first-order chi connectivity index (χ1) is 9.85. The monoisotopic (exact) mass is 298 g/mol. The van der Waals surface area contributed by atoms with Gasteiger partial charge in [-0.1, -0.05) is 33.6 Å². The van der Waals surface area contributed by atoms with Gasteiger partial charge < -0.3 is 15.7 Å². The van der Waals surface area contributed by atoms with E-state index < -0.39 is 11.5 Å². The standard InChI is InChI=1S/C16H30N2O3/c1-12(2)6-4-5-11-17-15(21)18-16(14(19)20)9-7-13(3)8-10-16/h12-13H,4-11H2,1-3H3,(H,19,20)(H2,17,18,21). The summed E-state index contributed by atoms with van der Waals surface area (Å²) in [7, 11) is 0. The lowest BCUT2D eigenvalue weighted by Crippen LogP contribution is -2.58. The molecule has 0 radical (unpaired) electrons. The fourth-order valence-corrected chi connectivity index (χ4v) is 2.79. The van der Waals surface area contributed by atoms with Gasteiger partial charge in [-0.25, -0.2) is 9.59 Å². The minimum Gasteiger partial charge on any atom is -0.480 e. The first-order valence-corrected chi connectivity index (χ1v) is 8.15. The molecule has 5 heteroatoms. The summed E-state index contributed by atoms with van der Waals surface area (Å²) < 4.78 is 0. The Balaban J connectivity index is 2.35. The van der Waals surface area contributed by atoms with Gasteiger partial charge in [0.1, 0.15) is 5.54 Å². The lowest BCUT2D eigenvalue weighted by molar-refractivity contribution is -0.146. The minimum absolute atomic E-state index is 0.350. The molecule has 0 heterocycles. The van der Waals surface area contributed by atoms with Gasteiger partial charge in [-0.2, -0.15) is 0 Å². The van der Waals surface area contributed by atoms with Gasteiger partial charge in [0.2, 0.25) is 0 Å². The summed E-state index contributed by atoms with van der Waals surface area (Å²) in [6, 6.07) is -0.350. The van der Waals surface area contributed by atoms with Crippen LogP contribution in [0.4, 0.5) is 4.79 Å². The molecule has 1 rings (SSSR count). The predicted octanol–water partition coefficient (Wildman–Crippen LogP) is 3.15. The summed E-state index contributed by atoms with van der Waals surface area (Å²) in [6.07, 6.45) is 5.90. The van der Waals surface area contributed by atoms with Gasteiger partial charge in [0.15, 0.2) is 0 Å². The van der Waals surface area contributed by atoms with Gasteiger partial charge in [-0.3, -0.25) is 0 Å². The third kappa shape index (κ3) is 5.94. The van der Waals surface area contributed by atoms with Crippen molar-refractivity contribution in [2.75, 3.05) is 6.54 Å². The second kappa shape index (κ2) is 8.25. The molecule has 1 aliphatic carbocycles. The van der Waals surface area contributed by atoms with Crippen LogP contribution >= 0.6 is 0 Å². The number of carboxylic acids is 1. The molecule has 5 nitrogen and oxygen atoms in total. The maximum Gasteiger partial charge on any atom is 0.329 e. The van der Waals surface area contributed by atoms with E-state index in [1.807, 2.05) is 0 Å². The molecule has 1 saturated carbocycles. The van der Waals surface area contributed by atoms with E-state index in [0.717, 1.165) is 32.1 Å². The molecule has 122 valence electrons. The summed E-state index contributed by atoms with van der Waals surface area (Å²) in [5.41, 5.74) is -1.07. The fraction of sp³-hybridized carbons (Fsp3) is 0.875. The molecule has 0 aromatic carbocycles. The van der Waals surface area contributed by atoms with Gasteiger partial charge in [0, 0.05) is 6.54 Å². The number of hydrogen-bond acceptors (Lipinski definition) is 2. The van der Waals surface area contributed by atoms with Gasteiger partial charge in [-0.05, 0) is 43.9 Å². The zero-order chi connectivity index (χ0) is 15.9. The van der Waals surface area contributed by atoms with Crippen molar-refractivity contribution < 1.29 is 14.7 Å². The summed E-state index contributed by atoms with van der Waals surface area (Å²) in [5.74, 6) is 0.307. The maximum atomic E-state index is 11.9. The quantitative estimate of drug-likeness (QED) is 0.632. The van der Waals surface area contributed by atoms with Gasteiger partial charge in [0.05, 0.1) is 0 Å². The van der Waals surface area contributed by atoms with Crippen molar-refractivity contribution in [2.45, 2.75) is 71.3 Å². The zero-order valence-corrected chi connectivity index (χ0v) is 13.6. The molecule has 0 aromatic heterocycles. The van der Waals surface area contributed by atoms with Gasteiger partial charge in [0.25, 0.3) is 0 Å². The summed E-state index contributed by atoms with van der Waals surface area (Å²) in [5, 5.41) is 14.9. The first kappa shape index (κ1) is 17.8. The Morgan fingerprint density at radius 1 is 1.24 bits per heavy atom. The van der Waals surface area contributed by atoms with E-state index in [-0.39, 0.29) is 6.03 Å². The second-order valence-corrected chi connectivity index (χ2v) is 6.84. The summed E-state index contributed by atoms with van der Waals surface area (Å²) in [6.45, 7) is 7.09. The van der Waals surface area contributed by atoms with Crippen molar-refractivity contribution in [3.8, 4) is 0 Å². The van der Waals surface area contributed by atoms with E-state index >= 15 is 0 Å². The maximum absolute atomic E-state index is 11.9. The molecule has 0 bridgehead atoms. The molecular weight excluding hydrogens is 268 g/mol. The zero-order valence-electron chi connectivity index (χ0n) is 13.6. The van der Waals surface area contributed by atoms with Crippen molar-refractivity contribution in [2.24, 2.45) is 11.8 Å². The Bertz CT molecular complexity index is 347. The smallest absolute Gasteiger partial charge is 0.329 e. The van der Waals surface area contributed by atoms with Crippen LogP contribution in [-0.2, 0) is 4.79 Å². The molecule has 0 atom stereocenters. The highest BCUT2D eigenvalue weighted by Gasteiger charge is 2.42. The fourth-order valence-electron chi connectivity index (χ4n) is 2.79. The van der Waals surface area contributed by atoms with E-state index in [4.69, 9.17) is 0 Å². The van der Waals surface area contributed by atoms with Crippen molar-refractivity contribution in [1.82, 2.24) is 10.6 Å². The summed E-state index contributed by atoms with van der Waals surface area (Å²) >= 11 is 0. The molecule has 2 amide bonds. The number of carbonyl (C=O) groups is 2. The number of urea groups is 1. The largest absolute Gasteiger partial charge is 0.480 e. The van der Waals surface area contributed by atoms with Crippen molar-refractivity contribution in [1.29, 1.82) is 0 Å². The third-order valence-corrected chi connectivity index (χ3v) is 4.38. The number of unbranched alkanes of at least 4 members (excludes halogenated alkanes) is 1. The summed E-state index contributed by atoms with van der Waals surface area (Å²) in [4.78, 5) is 23.4. The number of nitrogens with one attached hydrogen (secondary N) is 2. The van der Waals surface area contributed by atoms with Crippen LogP contribution in [0.25, 0.3) is 0 Å². The Hall–Kier alpha value is -1.26. The Morgan fingerprint density at radius 2 is 1.86 bits per heavy atom. The third-order valence-electron chi connectivity index (χ3n) is 4.38. The van der Waals surface area contributed by atoms with Gasteiger partial charge in [-0.15, -0.1) is 0 Å². The van der Waals surface area contributed by atoms with Crippen molar-refractivity contribution >= 4 is 12.0 Å². The highest BCUT2D eigenvalue weighted by atomic mass is 16.4. The SMILES string of the molecule is CC(C)CCCCNC(=O)NC1(C(=O)O)CCC(C)CC1. The van der Waals surface area contributed by atoms with Gasteiger partial charge >= 0.3 is 12.0 Å². The average molecular weight is 298 g/mol. The average Bonchev–Trinajstić information content (AvgIpc) is 2.40. The van der Waals surface area contributed by atoms with E-state index in [9.17, 15) is 14.7 Å². The van der Waals surface area contributed by atoms with Crippen LogP contribution in [0.15, 0.2) is 0 Å². The molecule has 3 N–H and O–H groups in total. The second-order valence-electron chi connectivity index (χ2n) is 6.84. The van der Waals surface area contributed by atoms with Crippen LogP contribution in [-0.4, -0.2) is 29.2 Å². The highest BCUT2D eigenvalue weighted by molar-refractivity contribution is 5.86. The Kier molecular flexibility index (Phi) is 6.99. The molecule has 0 saturated heterocycles. The van der Waals surface area contributed by atoms with Crippen molar-refractivity contribution in [3.05, 3.63) is 0 Å². The normalized spacial score (nSPS) is 25.6. The van der Waals surface area contributed by atoms with E-state index in [1.54, 1.807) is 0 Å². The molecule has 0 spiro atoms. The van der Waals surface area contributed by atoms with E-state index in [0.29, 0.717) is 31.2 Å². The van der Waals surface area contributed by atoms with Crippen LogP contribution in [0.2, 0.25) is 0 Å². The van der Waals surface area contributed by atoms with Crippen LogP contribution in [0.3, 0.4) is 0 Å².